The predicted molar refractivity (Wildman–Crippen MR) is 72.7 cm³/mol. The fourth-order valence-corrected chi connectivity index (χ4v) is 2.05. The molecule has 1 aromatic heterocycles. The molecule has 1 amide bonds. The minimum atomic E-state index is -0.175. The lowest BCUT2D eigenvalue weighted by Crippen LogP contribution is -2.10. The Balaban J connectivity index is 2.12. The second kappa shape index (κ2) is 6.01. The highest BCUT2D eigenvalue weighted by Gasteiger charge is 2.05. The van der Waals surface area contributed by atoms with E-state index in [4.69, 9.17) is 5.11 Å². The Hall–Kier alpha value is -2.09. The summed E-state index contributed by atoms with van der Waals surface area (Å²) in [5.41, 5.74) is 2.09. The van der Waals surface area contributed by atoms with Crippen LogP contribution < -0.4 is 5.32 Å². The molecular formula is C14H11NO2S. The van der Waals surface area contributed by atoms with Crippen LogP contribution in [0, 0.1) is 11.8 Å². The number of nitrogens with one attached hydrogen (secondary N) is 1. The predicted octanol–water partition coefficient (Wildman–Crippen LogP) is 2.34. The molecule has 0 aliphatic rings. The first kappa shape index (κ1) is 12.4. The van der Waals surface area contributed by atoms with Gasteiger partial charge in [-0.3, -0.25) is 4.79 Å². The number of hydrogen-bond acceptors (Lipinski definition) is 3. The molecule has 0 atom stereocenters. The number of anilines is 1. The first-order valence-electron chi connectivity index (χ1n) is 5.33. The summed E-state index contributed by atoms with van der Waals surface area (Å²) in [4.78, 5) is 11.8. The van der Waals surface area contributed by atoms with Gasteiger partial charge in [-0.05, 0) is 29.6 Å². The van der Waals surface area contributed by atoms with Gasteiger partial charge in [0.25, 0.3) is 5.91 Å². The van der Waals surface area contributed by atoms with Gasteiger partial charge in [-0.2, -0.15) is 11.3 Å². The van der Waals surface area contributed by atoms with Crippen molar-refractivity contribution in [2.45, 2.75) is 0 Å². The number of rotatable bonds is 2. The van der Waals surface area contributed by atoms with Gasteiger partial charge in [0, 0.05) is 16.6 Å². The minimum Gasteiger partial charge on any atom is -0.384 e. The van der Waals surface area contributed by atoms with Crippen LogP contribution in [0.5, 0.6) is 0 Å². The summed E-state index contributed by atoms with van der Waals surface area (Å²) >= 11 is 1.48. The molecule has 2 aromatic rings. The van der Waals surface area contributed by atoms with E-state index in [0.29, 0.717) is 11.3 Å². The maximum atomic E-state index is 11.8. The minimum absolute atomic E-state index is 0.136. The van der Waals surface area contributed by atoms with E-state index in [0.717, 1.165) is 5.56 Å². The van der Waals surface area contributed by atoms with Gasteiger partial charge in [-0.15, -0.1) is 0 Å². The molecule has 4 heteroatoms. The molecule has 2 N–H and O–H groups in total. The molecule has 0 radical (unpaired) electrons. The van der Waals surface area contributed by atoms with Crippen LogP contribution in [0.25, 0.3) is 0 Å². The van der Waals surface area contributed by atoms with Crippen molar-refractivity contribution in [2.24, 2.45) is 0 Å². The number of aliphatic hydroxyl groups is 1. The highest BCUT2D eigenvalue weighted by molar-refractivity contribution is 7.08. The summed E-state index contributed by atoms with van der Waals surface area (Å²) in [5.74, 6) is 5.23. The Morgan fingerprint density at radius 2 is 2.28 bits per heavy atom. The third kappa shape index (κ3) is 3.20. The van der Waals surface area contributed by atoms with Gasteiger partial charge in [-0.25, -0.2) is 0 Å². The highest BCUT2D eigenvalue weighted by Crippen LogP contribution is 2.13. The first-order chi connectivity index (χ1) is 8.79. The molecule has 0 saturated heterocycles. The van der Waals surface area contributed by atoms with Crippen LogP contribution in [-0.4, -0.2) is 17.6 Å². The average molecular weight is 257 g/mol. The molecule has 90 valence electrons. The van der Waals surface area contributed by atoms with E-state index in [1.54, 1.807) is 23.6 Å². The Kier molecular flexibility index (Phi) is 4.13. The largest absolute Gasteiger partial charge is 0.384 e. The Bertz CT molecular complexity index is 594. The van der Waals surface area contributed by atoms with Gasteiger partial charge in [0.2, 0.25) is 0 Å². The monoisotopic (exact) mass is 257 g/mol. The Labute approximate surface area is 109 Å². The molecule has 2 rings (SSSR count). The van der Waals surface area contributed by atoms with E-state index in [1.807, 2.05) is 17.5 Å². The van der Waals surface area contributed by atoms with Crippen molar-refractivity contribution in [1.29, 1.82) is 0 Å². The fraction of sp³-hybridized carbons (Fsp3) is 0.0714. The van der Waals surface area contributed by atoms with Crippen LogP contribution in [0.3, 0.4) is 0 Å². The molecule has 0 saturated carbocycles. The van der Waals surface area contributed by atoms with Crippen LogP contribution in [-0.2, 0) is 0 Å². The smallest absolute Gasteiger partial charge is 0.256 e. The van der Waals surface area contributed by atoms with Crippen LogP contribution in [0.4, 0.5) is 5.69 Å². The highest BCUT2D eigenvalue weighted by atomic mass is 32.1. The van der Waals surface area contributed by atoms with Gasteiger partial charge in [0.05, 0.1) is 5.56 Å². The number of amides is 1. The van der Waals surface area contributed by atoms with Crippen LogP contribution in [0.1, 0.15) is 15.9 Å². The lowest BCUT2D eigenvalue weighted by molar-refractivity contribution is 0.102. The number of aliphatic hydroxyl groups excluding tert-OH is 1. The molecule has 18 heavy (non-hydrogen) atoms. The molecule has 3 nitrogen and oxygen atoms in total. The second-order valence-electron chi connectivity index (χ2n) is 3.51. The van der Waals surface area contributed by atoms with Gasteiger partial charge < -0.3 is 10.4 Å². The molecule has 1 aromatic carbocycles. The maximum absolute atomic E-state index is 11.8. The van der Waals surface area contributed by atoms with Gasteiger partial charge in [0.15, 0.2) is 0 Å². The fourth-order valence-electron chi connectivity index (χ4n) is 1.41. The quantitative estimate of drug-likeness (QED) is 0.811. The number of benzene rings is 1. The number of hydrogen-bond donors (Lipinski definition) is 2. The second-order valence-corrected chi connectivity index (χ2v) is 4.29. The van der Waals surface area contributed by atoms with Gasteiger partial charge in [-0.1, -0.05) is 17.9 Å². The van der Waals surface area contributed by atoms with E-state index in [9.17, 15) is 4.79 Å². The van der Waals surface area contributed by atoms with Crippen LogP contribution >= 0.6 is 11.3 Å². The number of thiophene rings is 1. The summed E-state index contributed by atoms with van der Waals surface area (Å²) in [6, 6.07) is 8.98. The van der Waals surface area contributed by atoms with Crippen LogP contribution in [0.2, 0.25) is 0 Å². The summed E-state index contributed by atoms with van der Waals surface area (Å²) in [7, 11) is 0. The third-order valence-corrected chi connectivity index (χ3v) is 2.90. The van der Waals surface area contributed by atoms with E-state index < -0.39 is 0 Å². The third-order valence-electron chi connectivity index (χ3n) is 2.22. The van der Waals surface area contributed by atoms with Crippen molar-refractivity contribution in [1.82, 2.24) is 0 Å². The average Bonchev–Trinajstić information content (AvgIpc) is 2.91. The molecule has 0 aliphatic carbocycles. The van der Waals surface area contributed by atoms with E-state index in [-0.39, 0.29) is 12.5 Å². The van der Waals surface area contributed by atoms with E-state index in [1.165, 1.54) is 11.3 Å². The molecule has 0 aliphatic heterocycles. The summed E-state index contributed by atoms with van der Waals surface area (Å²) in [6.07, 6.45) is 0. The standard InChI is InChI=1S/C14H11NO2S/c16-7-2-4-11-3-1-5-13(9-11)15-14(17)12-6-8-18-10-12/h1,3,5-6,8-10,16H,7H2,(H,15,17). The van der Waals surface area contributed by atoms with Crippen LogP contribution in [0.15, 0.2) is 41.1 Å². The molecule has 1 heterocycles. The first-order valence-corrected chi connectivity index (χ1v) is 6.27. The summed E-state index contributed by atoms with van der Waals surface area (Å²) < 4.78 is 0. The Morgan fingerprint density at radius 3 is 3.00 bits per heavy atom. The van der Waals surface area contributed by atoms with Gasteiger partial charge in [0.1, 0.15) is 6.61 Å². The Morgan fingerprint density at radius 1 is 1.39 bits per heavy atom. The zero-order valence-electron chi connectivity index (χ0n) is 9.51. The molecule has 0 unspecified atom stereocenters. The lowest BCUT2D eigenvalue weighted by Gasteiger charge is -2.03. The summed E-state index contributed by atoms with van der Waals surface area (Å²) in [6.45, 7) is -0.175. The summed E-state index contributed by atoms with van der Waals surface area (Å²) in [5, 5.41) is 15.1. The van der Waals surface area contributed by atoms with Crippen molar-refractivity contribution in [3.63, 3.8) is 0 Å². The lowest BCUT2D eigenvalue weighted by atomic mass is 10.2. The van der Waals surface area contributed by atoms with Crippen molar-refractivity contribution in [2.75, 3.05) is 11.9 Å². The van der Waals surface area contributed by atoms with Crippen molar-refractivity contribution < 1.29 is 9.90 Å². The molecular weight excluding hydrogens is 246 g/mol. The van der Waals surface area contributed by atoms with E-state index in [2.05, 4.69) is 17.2 Å². The van der Waals surface area contributed by atoms with Crippen molar-refractivity contribution in [3.8, 4) is 11.8 Å². The topological polar surface area (TPSA) is 49.3 Å². The SMILES string of the molecule is O=C(Nc1cccc(C#CCO)c1)c1ccsc1. The normalized spacial score (nSPS) is 9.39. The van der Waals surface area contributed by atoms with Crippen molar-refractivity contribution >= 4 is 22.9 Å². The zero-order valence-corrected chi connectivity index (χ0v) is 10.3. The molecule has 0 spiro atoms. The van der Waals surface area contributed by atoms with E-state index >= 15 is 0 Å². The molecule has 0 fully saturated rings. The number of carbonyl (C=O) groups excluding carboxylic acids is 1. The zero-order chi connectivity index (χ0) is 12.8. The van der Waals surface area contributed by atoms with Crippen molar-refractivity contribution in [3.05, 3.63) is 52.2 Å². The molecule has 0 bridgehead atoms. The number of carbonyl (C=O) groups is 1. The maximum Gasteiger partial charge on any atom is 0.256 e. The van der Waals surface area contributed by atoms with Gasteiger partial charge >= 0.3 is 0 Å².